The van der Waals surface area contributed by atoms with E-state index in [1.807, 2.05) is 6.92 Å². The molecule has 1 aromatic heterocycles. The molecule has 1 heterocycles. The minimum Gasteiger partial charge on any atom is -0.317 e. The molecule has 0 saturated heterocycles. The number of aromatic nitrogens is 2. The van der Waals surface area contributed by atoms with Crippen molar-refractivity contribution in [2.75, 3.05) is 19.6 Å². The van der Waals surface area contributed by atoms with Crippen molar-refractivity contribution in [1.29, 1.82) is 0 Å². The van der Waals surface area contributed by atoms with Crippen molar-refractivity contribution >= 4 is 10.0 Å². The predicted octanol–water partition coefficient (Wildman–Crippen LogP) is -1.64. The molecule has 0 amide bonds. The third kappa shape index (κ3) is 3.78. The van der Waals surface area contributed by atoms with E-state index in [0.29, 0.717) is 13.0 Å². The Kier molecular flexibility index (Phi) is 5.66. The molecule has 9 heteroatoms. The van der Waals surface area contributed by atoms with E-state index in [0.717, 1.165) is 21.9 Å². The lowest BCUT2D eigenvalue weighted by Crippen LogP contribution is -2.41. The van der Waals surface area contributed by atoms with Gasteiger partial charge in [0, 0.05) is 26.8 Å². The van der Waals surface area contributed by atoms with Crippen LogP contribution in [0.5, 0.6) is 0 Å². The number of hydrogen-bond donors (Lipinski definition) is 2. The molecule has 2 N–H and O–H groups in total. The van der Waals surface area contributed by atoms with E-state index in [2.05, 4.69) is 10.0 Å². The lowest BCUT2D eigenvalue weighted by atomic mass is 10.4. The van der Waals surface area contributed by atoms with Crippen molar-refractivity contribution in [3.63, 3.8) is 0 Å². The summed E-state index contributed by atoms with van der Waals surface area (Å²) in [5.41, 5.74) is -1.40. The van der Waals surface area contributed by atoms with Gasteiger partial charge in [0.05, 0.1) is 0 Å². The van der Waals surface area contributed by atoms with Crippen LogP contribution >= 0.6 is 0 Å². The molecule has 0 bridgehead atoms. The van der Waals surface area contributed by atoms with Crippen LogP contribution < -0.4 is 21.3 Å². The summed E-state index contributed by atoms with van der Waals surface area (Å²) >= 11 is 0. The molecule has 0 unspecified atom stereocenters. The van der Waals surface area contributed by atoms with Crippen LogP contribution in [0.3, 0.4) is 0 Å². The molecule has 0 atom stereocenters. The molecule has 0 spiro atoms. The second-order valence-electron chi connectivity index (χ2n) is 4.36. The standard InChI is InChI=1S/C11H20N4O4S/c1-4-12-6-5-7-13-20(18,19)9-8-14(2)11(17)15(3)10(9)16/h8,12-13H,4-7H2,1-3H3. The molecule has 114 valence electrons. The van der Waals surface area contributed by atoms with Crippen molar-refractivity contribution < 1.29 is 8.42 Å². The van der Waals surface area contributed by atoms with E-state index in [9.17, 15) is 18.0 Å². The van der Waals surface area contributed by atoms with Crippen LogP contribution in [0.25, 0.3) is 0 Å². The average Bonchev–Trinajstić information content (AvgIpc) is 2.40. The van der Waals surface area contributed by atoms with Crippen LogP contribution in [0.4, 0.5) is 0 Å². The Balaban J connectivity index is 2.94. The van der Waals surface area contributed by atoms with Crippen molar-refractivity contribution in [1.82, 2.24) is 19.2 Å². The first kappa shape index (κ1) is 16.6. The van der Waals surface area contributed by atoms with Crippen LogP contribution in [0.2, 0.25) is 0 Å². The third-order valence-electron chi connectivity index (χ3n) is 2.78. The first-order valence-corrected chi connectivity index (χ1v) is 7.76. The monoisotopic (exact) mass is 304 g/mol. The van der Waals surface area contributed by atoms with E-state index in [4.69, 9.17) is 0 Å². The minimum atomic E-state index is -3.91. The maximum absolute atomic E-state index is 12.0. The smallest absolute Gasteiger partial charge is 0.317 e. The molecule has 0 fully saturated rings. The van der Waals surface area contributed by atoms with Gasteiger partial charge in [0.2, 0.25) is 10.0 Å². The molecule has 0 aromatic carbocycles. The van der Waals surface area contributed by atoms with Gasteiger partial charge in [-0.15, -0.1) is 0 Å². The first-order chi connectivity index (χ1) is 9.31. The van der Waals surface area contributed by atoms with E-state index in [1.165, 1.54) is 14.1 Å². The summed E-state index contributed by atoms with van der Waals surface area (Å²) in [4.78, 5) is 22.9. The van der Waals surface area contributed by atoms with Crippen molar-refractivity contribution in [3.8, 4) is 0 Å². The molecule has 20 heavy (non-hydrogen) atoms. The SMILES string of the molecule is CCNCCCNS(=O)(=O)c1cn(C)c(=O)n(C)c1=O. The Bertz CT molecular complexity index is 675. The highest BCUT2D eigenvalue weighted by Crippen LogP contribution is 1.99. The summed E-state index contributed by atoms with van der Waals surface area (Å²) in [7, 11) is -1.27. The second-order valence-corrected chi connectivity index (χ2v) is 6.09. The minimum absolute atomic E-state index is 0.224. The molecule has 0 aliphatic carbocycles. The molecule has 1 aromatic rings. The van der Waals surface area contributed by atoms with Crippen molar-refractivity contribution in [2.45, 2.75) is 18.2 Å². The molecule has 0 aliphatic rings. The summed E-state index contributed by atoms with van der Waals surface area (Å²) < 4.78 is 28.3. The Hall–Kier alpha value is -1.45. The number of aryl methyl sites for hydroxylation is 1. The van der Waals surface area contributed by atoms with Gasteiger partial charge in [0.15, 0.2) is 4.90 Å². The molecular formula is C11H20N4O4S. The zero-order valence-corrected chi connectivity index (χ0v) is 12.7. The fourth-order valence-electron chi connectivity index (χ4n) is 1.63. The summed E-state index contributed by atoms with van der Waals surface area (Å²) in [6.07, 6.45) is 1.65. The quantitative estimate of drug-likeness (QED) is 0.588. The highest BCUT2D eigenvalue weighted by Gasteiger charge is 2.20. The summed E-state index contributed by atoms with van der Waals surface area (Å²) in [5, 5.41) is 3.07. The summed E-state index contributed by atoms with van der Waals surface area (Å²) in [6, 6.07) is 0. The van der Waals surface area contributed by atoms with Crippen LogP contribution in [-0.4, -0.2) is 37.2 Å². The van der Waals surface area contributed by atoms with Crippen LogP contribution in [-0.2, 0) is 24.1 Å². The average molecular weight is 304 g/mol. The van der Waals surface area contributed by atoms with Crippen LogP contribution in [0, 0.1) is 0 Å². The second kappa shape index (κ2) is 6.82. The topological polar surface area (TPSA) is 102 Å². The highest BCUT2D eigenvalue weighted by molar-refractivity contribution is 7.89. The third-order valence-corrected chi connectivity index (χ3v) is 4.22. The summed E-state index contributed by atoms with van der Waals surface area (Å²) in [5.74, 6) is 0. The number of nitrogens with one attached hydrogen (secondary N) is 2. The normalized spacial score (nSPS) is 11.8. The van der Waals surface area contributed by atoms with Gasteiger partial charge in [-0.3, -0.25) is 9.36 Å². The molecule has 0 saturated carbocycles. The van der Waals surface area contributed by atoms with Gasteiger partial charge in [-0.25, -0.2) is 17.9 Å². The fourth-order valence-corrected chi connectivity index (χ4v) is 2.87. The maximum atomic E-state index is 12.0. The molecular weight excluding hydrogens is 284 g/mol. The molecule has 0 radical (unpaired) electrons. The van der Waals surface area contributed by atoms with Gasteiger partial charge in [-0.2, -0.15) is 0 Å². The summed E-state index contributed by atoms with van der Waals surface area (Å²) in [6.45, 7) is 3.68. The Morgan fingerprint density at radius 1 is 1.20 bits per heavy atom. The van der Waals surface area contributed by atoms with Gasteiger partial charge < -0.3 is 9.88 Å². The molecule has 1 rings (SSSR count). The number of nitrogens with zero attached hydrogens (tertiary/aromatic N) is 2. The zero-order chi connectivity index (χ0) is 15.3. The lowest BCUT2D eigenvalue weighted by molar-refractivity contribution is 0.565. The first-order valence-electron chi connectivity index (χ1n) is 6.28. The van der Waals surface area contributed by atoms with Gasteiger partial charge in [-0.05, 0) is 19.5 Å². The maximum Gasteiger partial charge on any atom is 0.330 e. The number of hydrogen-bond acceptors (Lipinski definition) is 5. The van der Waals surface area contributed by atoms with Crippen LogP contribution in [0.15, 0.2) is 20.7 Å². The molecule has 8 nitrogen and oxygen atoms in total. The number of rotatable bonds is 7. The zero-order valence-electron chi connectivity index (χ0n) is 11.8. The van der Waals surface area contributed by atoms with Gasteiger partial charge in [0.25, 0.3) is 5.56 Å². The van der Waals surface area contributed by atoms with Crippen LogP contribution in [0.1, 0.15) is 13.3 Å². The number of sulfonamides is 1. The Labute approximate surface area is 117 Å². The predicted molar refractivity (Wildman–Crippen MR) is 75.3 cm³/mol. The van der Waals surface area contributed by atoms with Gasteiger partial charge in [0.1, 0.15) is 0 Å². The van der Waals surface area contributed by atoms with Crippen molar-refractivity contribution in [3.05, 3.63) is 27.0 Å². The Morgan fingerprint density at radius 2 is 1.85 bits per heavy atom. The lowest BCUT2D eigenvalue weighted by Gasteiger charge is -2.09. The fraction of sp³-hybridized carbons (Fsp3) is 0.636. The van der Waals surface area contributed by atoms with E-state index < -0.39 is 26.2 Å². The van der Waals surface area contributed by atoms with E-state index >= 15 is 0 Å². The van der Waals surface area contributed by atoms with E-state index in [1.54, 1.807) is 0 Å². The van der Waals surface area contributed by atoms with E-state index in [-0.39, 0.29) is 6.54 Å². The van der Waals surface area contributed by atoms with Gasteiger partial charge >= 0.3 is 5.69 Å². The largest absolute Gasteiger partial charge is 0.330 e. The molecule has 0 aliphatic heterocycles. The highest BCUT2D eigenvalue weighted by atomic mass is 32.2. The Morgan fingerprint density at radius 3 is 2.45 bits per heavy atom. The van der Waals surface area contributed by atoms with Gasteiger partial charge in [-0.1, -0.05) is 6.92 Å². The van der Waals surface area contributed by atoms with Crippen molar-refractivity contribution in [2.24, 2.45) is 14.1 Å².